The van der Waals surface area contributed by atoms with Crippen LogP contribution in [0.15, 0.2) is 22.7 Å². The molecule has 0 saturated heterocycles. The molecule has 1 aromatic heterocycles. The largest absolute Gasteiger partial charge is 0.460 e. The minimum Gasteiger partial charge on any atom is -0.460 e. The standard InChI is InChI=1S/C12H11BrFN3O2/c1-3-19-12(18)10-15-11(17(2)16-10)7-4-5-9(14)8(13)6-7/h4-6H,3H2,1-2H3. The van der Waals surface area contributed by atoms with Crippen molar-refractivity contribution in [3.63, 3.8) is 0 Å². The summed E-state index contributed by atoms with van der Waals surface area (Å²) < 4.78 is 19.8. The van der Waals surface area contributed by atoms with E-state index in [9.17, 15) is 9.18 Å². The van der Waals surface area contributed by atoms with E-state index in [4.69, 9.17) is 4.74 Å². The van der Waals surface area contributed by atoms with Gasteiger partial charge in [0.1, 0.15) is 5.82 Å². The van der Waals surface area contributed by atoms with Crippen molar-refractivity contribution < 1.29 is 13.9 Å². The van der Waals surface area contributed by atoms with Crippen molar-refractivity contribution in [2.45, 2.75) is 6.92 Å². The molecule has 0 spiro atoms. The highest BCUT2D eigenvalue weighted by atomic mass is 79.9. The molecule has 19 heavy (non-hydrogen) atoms. The Bertz CT molecular complexity index is 627. The number of hydrogen-bond acceptors (Lipinski definition) is 4. The van der Waals surface area contributed by atoms with Gasteiger partial charge in [-0.15, -0.1) is 5.10 Å². The summed E-state index contributed by atoms with van der Waals surface area (Å²) in [6.07, 6.45) is 0. The zero-order valence-electron chi connectivity index (χ0n) is 10.4. The van der Waals surface area contributed by atoms with Gasteiger partial charge in [0, 0.05) is 12.6 Å². The van der Waals surface area contributed by atoms with Crippen LogP contribution in [-0.4, -0.2) is 27.3 Å². The van der Waals surface area contributed by atoms with E-state index in [1.165, 1.54) is 10.7 Å². The molecule has 5 nitrogen and oxygen atoms in total. The van der Waals surface area contributed by atoms with Gasteiger partial charge >= 0.3 is 5.97 Å². The predicted octanol–water partition coefficient (Wildman–Crippen LogP) is 2.56. The number of halogens is 2. The van der Waals surface area contributed by atoms with Crippen LogP contribution in [0.2, 0.25) is 0 Å². The van der Waals surface area contributed by atoms with Crippen LogP contribution < -0.4 is 0 Å². The van der Waals surface area contributed by atoms with Gasteiger partial charge in [-0.2, -0.15) is 0 Å². The Morgan fingerprint density at radius 2 is 2.26 bits per heavy atom. The summed E-state index contributed by atoms with van der Waals surface area (Å²) >= 11 is 3.10. The maximum atomic E-state index is 13.2. The molecule has 1 heterocycles. The van der Waals surface area contributed by atoms with Crippen molar-refractivity contribution >= 4 is 21.9 Å². The van der Waals surface area contributed by atoms with Gasteiger partial charge < -0.3 is 4.74 Å². The Balaban J connectivity index is 2.40. The number of rotatable bonds is 3. The molecule has 0 unspecified atom stereocenters. The van der Waals surface area contributed by atoms with Crippen molar-refractivity contribution in [1.82, 2.24) is 14.8 Å². The van der Waals surface area contributed by atoms with Gasteiger partial charge in [-0.25, -0.2) is 18.9 Å². The van der Waals surface area contributed by atoms with Gasteiger partial charge in [0.05, 0.1) is 11.1 Å². The first-order valence-corrected chi connectivity index (χ1v) is 6.35. The fraction of sp³-hybridized carbons (Fsp3) is 0.250. The number of carbonyl (C=O) groups is 1. The Labute approximate surface area is 117 Å². The Morgan fingerprint density at radius 3 is 2.89 bits per heavy atom. The molecule has 0 saturated carbocycles. The van der Waals surface area contributed by atoms with Crippen molar-refractivity contribution in [1.29, 1.82) is 0 Å². The lowest BCUT2D eigenvalue weighted by atomic mass is 10.2. The van der Waals surface area contributed by atoms with Gasteiger partial charge in [-0.05, 0) is 41.1 Å². The first kappa shape index (κ1) is 13.7. The van der Waals surface area contributed by atoms with Gasteiger partial charge in [0.2, 0.25) is 0 Å². The monoisotopic (exact) mass is 327 g/mol. The lowest BCUT2D eigenvalue weighted by molar-refractivity contribution is 0.0512. The van der Waals surface area contributed by atoms with E-state index in [0.29, 0.717) is 15.9 Å². The summed E-state index contributed by atoms with van der Waals surface area (Å²) in [7, 11) is 1.66. The molecule has 7 heteroatoms. The Morgan fingerprint density at radius 1 is 1.53 bits per heavy atom. The van der Waals surface area contributed by atoms with Crippen LogP contribution in [0.1, 0.15) is 17.5 Å². The number of hydrogen-bond donors (Lipinski definition) is 0. The van der Waals surface area contributed by atoms with E-state index >= 15 is 0 Å². The molecule has 0 fully saturated rings. The van der Waals surface area contributed by atoms with Crippen LogP contribution in [0.4, 0.5) is 4.39 Å². The van der Waals surface area contributed by atoms with E-state index in [0.717, 1.165) is 0 Å². The molecule has 0 amide bonds. The topological polar surface area (TPSA) is 57.0 Å². The molecular formula is C12H11BrFN3O2. The van der Waals surface area contributed by atoms with Crippen LogP contribution in [0.25, 0.3) is 11.4 Å². The van der Waals surface area contributed by atoms with E-state index in [-0.39, 0.29) is 18.2 Å². The lowest BCUT2D eigenvalue weighted by Crippen LogP contribution is -2.07. The van der Waals surface area contributed by atoms with Gasteiger partial charge in [-0.3, -0.25) is 0 Å². The summed E-state index contributed by atoms with van der Waals surface area (Å²) in [6.45, 7) is 1.97. The molecule has 2 rings (SSSR count). The van der Waals surface area contributed by atoms with Crippen molar-refractivity contribution in [2.24, 2.45) is 7.05 Å². The molecule has 0 bridgehead atoms. The van der Waals surface area contributed by atoms with Crippen molar-refractivity contribution in [2.75, 3.05) is 6.61 Å². The predicted molar refractivity (Wildman–Crippen MR) is 70.1 cm³/mol. The Kier molecular flexibility index (Phi) is 3.94. The summed E-state index contributed by atoms with van der Waals surface area (Å²) in [6, 6.07) is 4.46. The lowest BCUT2D eigenvalue weighted by Gasteiger charge is -2.01. The molecule has 0 radical (unpaired) electrons. The van der Waals surface area contributed by atoms with Crippen molar-refractivity contribution in [3.8, 4) is 11.4 Å². The fourth-order valence-corrected chi connectivity index (χ4v) is 1.93. The number of aromatic nitrogens is 3. The molecule has 0 N–H and O–H groups in total. The molecule has 0 aliphatic carbocycles. The van der Waals surface area contributed by atoms with Gasteiger partial charge in [0.25, 0.3) is 5.82 Å². The molecule has 0 aliphatic rings. The number of ether oxygens (including phenoxy) is 1. The van der Waals surface area contributed by atoms with Crippen LogP contribution in [0.3, 0.4) is 0 Å². The zero-order chi connectivity index (χ0) is 14.0. The van der Waals surface area contributed by atoms with Crippen LogP contribution in [0.5, 0.6) is 0 Å². The average Bonchev–Trinajstić information content (AvgIpc) is 2.75. The number of aryl methyl sites for hydroxylation is 1. The average molecular weight is 328 g/mol. The zero-order valence-corrected chi connectivity index (χ0v) is 11.9. The molecule has 1 aromatic carbocycles. The second-order valence-electron chi connectivity index (χ2n) is 3.73. The molecule has 0 aliphatic heterocycles. The third-order valence-electron chi connectivity index (χ3n) is 2.40. The highest BCUT2D eigenvalue weighted by Gasteiger charge is 2.17. The number of benzene rings is 1. The van der Waals surface area contributed by atoms with Crippen molar-refractivity contribution in [3.05, 3.63) is 34.3 Å². The van der Waals surface area contributed by atoms with Crippen LogP contribution in [-0.2, 0) is 11.8 Å². The first-order valence-electron chi connectivity index (χ1n) is 5.56. The van der Waals surface area contributed by atoms with Crippen LogP contribution >= 0.6 is 15.9 Å². The number of esters is 1. The Hall–Kier alpha value is -1.76. The summed E-state index contributed by atoms with van der Waals surface area (Å²) in [4.78, 5) is 15.6. The summed E-state index contributed by atoms with van der Waals surface area (Å²) in [5.74, 6) is -0.495. The quantitative estimate of drug-likeness (QED) is 0.813. The number of nitrogens with zero attached hydrogens (tertiary/aromatic N) is 3. The third kappa shape index (κ3) is 2.81. The summed E-state index contributed by atoms with van der Waals surface area (Å²) in [5.41, 5.74) is 0.652. The van der Waals surface area contributed by atoms with E-state index < -0.39 is 5.97 Å². The third-order valence-corrected chi connectivity index (χ3v) is 3.01. The fourth-order valence-electron chi connectivity index (χ4n) is 1.55. The van der Waals surface area contributed by atoms with E-state index in [2.05, 4.69) is 26.0 Å². The number of carbonyl (C=O) groups excluding carboxylic acids is 1. The SMILES string of the molecule is CCOC(=O)c1nc(-c2ccc(F)c(Br)c2)n(C)n1. The second-order valence-corrected chi connectivity index (χ2v) is 4.59. The van der Waals surface area contributed by atoms with Gasteiger partial charge in [0.15, 0.2) is 5.82 Å². The minimum absolute atomic E-state index is 0.0141. The highest BCUT2D eigenvalue weighted by molar-refractivity contribution is 9.10. The smallest absolute Gasteiger partial charge is 0.378 e. The van der Waals surface area contributed by atoms with E-state index in [1.54, 1.807) is 26.1 Å². The molecule has 0 atom stereocenters. The molecular weight excluding hydrogens is 317 g/mol. The van der Waals surface area contributed by atoms with Gasteiger partial charge in [-0.1, -0.05) is 0 Å². The van der Waals surface area contributed by atoms with E-state index in [1.807, 2.05) is 0 Å². The van der Waals surface area contributed by atoms with Crippen LogP contribution in [0, 0.1) is 5.82 Å². The molecule has 100 valence electrons. The molecule has 2 aromatic rings. The highest BCUT2D eigenvalue weighted by Crippen LogP contribution is 2.23. The minimum atomic E-state index is -0.578. The normalized spacial score (nSPS) is 10.5. The first-order chi connectivity index (χ1) is 9.02. The maximum absolute atomic E-state index is 13.2. The maximum Gasteiger partial charge on any atom is 0.378 e. The summed E-state index contributed by atoms with van der Waals surface area (Å²) in [5, 5.41) is 3.98. The second kappa shape index (κ2) is 5.48.